The van der Waals surface area contributed by atoms with Gasteiger partial charge in [-0.2, -0.15) is 0 Å². The zero-order valence-electron chi connectivity index (χ0n) is 10.3. The van der Waals surface area contributed by atoms with Gasteiger partial charge in [-0.15, -0.1) is 0 Å². The van der Waals surface area contributed by atoms with Crippen molar-refractivity contribution in [2.75, 3.05) is 0 Å². The van der Waals surface area contributed by atoms with Crippen LogP contribution in [0.4, 0.5) is 4.39 Å². The summed E-state index contributed by atoms with van der Waals surface area (Å²) < 4.78 is 13.6. The zero-order valence-corrected chi connectivity index (χ0v) is 10.3. The molecule has 1 heterocycles. The lowest BCUT2D eigenvalue weighted by Crippen LogP contribution is -2.25. The highest BCUT2D eigenvalue weighted by Crippen LogP contribution is 2.40. The highest BCUT2D eigenvalue weighted by molar-refractivity contribution is 5.16. The summed E-state index contributed by atoms with van der Waals surface area (Å²) in [7, 11) is 0. The van der Waals surface area contributed by atoms with Crippen molar-refractivity contribution < 1.29 is 9.50 Å². The molecule has 0 aromatic carbocycles. The Balaban J connectivity index is 2.18. The van der Waals surface area contributed by atoms with E-state index in [4.69, 9.17) is 0 Å². The van der Waals surface area contributed by atoms with Gasteiger partial charge < -0.3 is 5.11 Å². The van der Waals surface area contributed by atoms with Crippen molar-refractivity contribution in [1.82, 2.24) is 4.98 Å². The third kappa shape index (κ3) is 2.65. The normalized spacial score (nSPS) is 26.8. The molecule has 1 aromatic rings. The predicted octanol–water partition coefficient (Wildman–Crippen LogP) is 3.47. The molecule has 2 rings (SSSR count). The molecule has 0 bridgehead atoms. The number of hydrogen-bond acceptors (Lipinski definition) is 2. The lowest BCUT2D eigenvalue weighted by molar-refractivity contribution is 0.0426. The van der Waals surface area contributed by atoms with Crippen LogP contribution in [-0.2, 0) is 0 Å². The maximum atomic E-state index is 13.6. The second-order valence-electron chi connectivity index (χ2n) is 4.96. The average Bonchev–Trinajstić information content (AvgIpc) is 2.38. The Morgan fingerprint density at radius 1 is 1.47 bits per heavy atom. The van der Waals surface area contributed by atoms with E-state index in [0.29, 0.717) is 11.5 Å². The molecular weight excluding hydrogens is 217 g/mol. The Morgan fingerprint density at radius 3 is 2.94 bits per heavy atom. The van der Waals surface area contributed by atoms with E-state index in [-0.39, 0.29) is 11.7 Å². The van der Waals surface area contributed by atoms with Crippen LogP contribution in [0, 0.1) is 17.7 Å². The van der Waals surface area contributed by atoms with Gasteiger partial charge in [0.2, 0.25) is 0 Å². The number of hydrogen-bond donors (Lipinski definition) is 1. The molecule has 1 aliphatic rings. The number of halogens is 1. The molecule has 0 radical (unpaired) electrons. The van der Waals surface area contributed by atoms with Crippen molar-refractivity contribution in [1.29, 1.82) is 0 Å². The summed E-state index contributed by atoms with van der Waals surface area (Å²) in [6.07, 6.45) is 7.66. The second kappa shape index (κ2) is 5.58. The van der Waals surface area contributed by atoms with Crippen molar-refractivity contribution in [2.24, 2.45) is 11.8 Å². The topological polar surface area (TPSA) is 33.1 Å². The van der Waals surface area contributed by atoms with Crippen molar-refractivity contribution in [2.45, 2.75) is 45.1 Å². The fourth-order valence-electron chi connectivity index (χ4n) is 3.02. The van der Waals surface area contributed by atoms with Crippen LogP contribution < -0.4 is 0 Å². The fourth-order valence-corrected chi connectivity index (χ4v) is 3.02. The molecular formula is C14H20FNO. The quantitative estimate of drug-likeness (QED) is 0.873. The molecule has 1 aromatic heterocycles. The third-order valence-electron chi connectivity index (χ3n) is 4.02. The molecule has 3 unspecified atom stereocenters. The number of aliphatic hydroxyl groups is 1. The first-order valence-electron chi connectivity index (χ1n) is 6.51. The molecule has 0 saturated heterocycles. The summed E-state index contributed by atoms with van der Waals surface area (Å²) in [5.41, 5.74) is 0.408. The fraction of sp³-hybridized carbons (Fsp3) is 0.643. The predicted molar refractivity (Wildman–Crippen MR) is 64.9 cm³/mol. The average molecular weight is 237 g/mol. The van der Waals surface area contributed by atoms with Gasteiger partial charge in [0.15, 0.2) is 0 Å². The van der Waals surface area contributed by atoms with Gasteiger partial charge in [-0.1, -0.05) is 32.6 Å². The maximum absolute atomic E-state index is 13.6. The Morgan fingerprint density at radius 2 is 2.24 bits per heavy atom. The van der Waals surface area contributed by atoms with Crippen LogP contribution in [0.3, 0.4) is 0 Å². The highest BCUT2D eigenvalue weighted by atomic mass is 19.1. The molecule has 1 aliphatic carbocycles. The lowest BCUT2D eigenvalue weighted by atomic mass is 9.73. The zero-order chi connectivity index (χ0) is 12.3. The number of pyridine rings is 1. The molecule has 3 atom stereocenters. The minimum atomic E-state index is -0.678. The molecule has 17 heavy (non-hydrogen) atoms. The van der Waals surface area contributed by atoms with E-state index in [0.717, 1.165) is 25.7 Å². The van der Waals surface area contributed by atoms with Gasteiger partial charge >= 0.3 is 0 Å². The summed E-state index contributed by atoms with van der Waals surface area (Å²) >= 11 is 0. The Bertz CT molecular complexity index is 369. The van der Waals surface area contributed by atoms with E-state index in [1.54, 1.807) is 12.3 Å². The largest absolute Gasteiger partial charge is 0.388 e. The lowest BCUT2D eigenvalue weighted by Gasteiger charge is -2.34. The molecule has 1 fully saturated rings. The molecule has 94 valence electrons. The molecule has 2 nitrogen and oxygen atoms in total. The van der Waals surface area contributed by atoms with E-state index in [1.165, 1.54) is 12.6 Å². The first-order chi connectivity index (χ1) is 8.24. The Kier molecular flexibility index (Phi) is 4.11. The molecule has 1 N–H and O–H groups in total. The van der Waals surface area contributed by atoms with Crippen LogP contribution in [0.15, 0.2) is 18.5 Å². The van der Waals surface area contributed by atoms with Crippen molar-refractivity contribution in [3.63, 3.8) is 0 Å². The molecule has 3 heteroatoms. The van der Waals surface area contributed by atoms with Crippen molar-refractivity contribution >= 4 is 0 Å². The number of aliphatic hydroxyl groups excluding tert-OH is 1. The number of aromatic nitrogens is 1. The third-order valence-corrected chi connectivity index (χ3v) is 4.02. The van der Waals surface area contributed by atoms with E-state index >= 15 is 0 Å². The van der Waals surface area contributed by atoms with Gasteiger partial charge in [0.1, 0.15) is 5.82 Å². The first-order valence-corrected chi connectivity index (χ1v) is 6.51. The summed E-state index contributed by atoms with van der Waals surface area (Å²) in [5.74, 6) is 0.331. The van der Waals surface area contributed by atoms with Crippen LogP contribution in [-0.4, -0.2) is 10.1 Å². The maximum Gasteiger partial charge on any atom is 0.147 e. The monoisotopic (exact) mass is 237 g/mol. The van der Waals surface area contributed by atoms with Gasteiger partial charge in [-0.05, 0) is 24.3 Å². The van der Waals surface area contributed by atoms with E-state index in [1.807, 2.05) is 0 Å². The van der Waals surface area contributed by atoms with Crippen LogP contribution >= 0.6 is 0 Å². The standard InChI is InChI=1S/C14H20FNO/c1-2-10-5-3-4-6-11(10)14(17)12-7-8-16-9-13(12)15/h7-11,14,17H,2-6H2,1H3. The van der Waals surface area contributed by atoms with Crippen LogP contribution in [0.1, 0.15) is 50.7 Å². The number of rotatable bonds is 3. The molecule has 0 spiro atoms. The SMILES string of the molecule is CCC1CCCCC1C(O)c1ccncc1F. The van der Waals surface area contributed by atoms with E-state index < -0.39 is 6.10 Å². The summed E-state index contributed by atoms with van der Waals surface area (Å²) in [6, 6.07) is 1.60. The Labute approximate surface area is 102 Å². The van der Waals surface area contributed by atoms with Gasteiger partial charge in [0, 0.05) is 11.8 Å². The Hall–Kier alpha value is -0.960. The second-order valence-corrected chi connectivity index (χ2v) is 4.96. The van der Waals surface area contributed by atoms with E-state index in [9.17, 15) is 9.50 Å². The highest BCUT2D eigenvalue weighted by Gasteiger charge is 2.31. The van der Waals surface area contributed by atoms with Crippen LogP contribution in [0.5, 0.6) is 0 Å². The summed E-state index contributed by atoms with van der Waals surface area (Å²) in [6.45, 7) is 2.15. The minimum absolute atomic E-state index is 0.200. The van der Waals surface area contributed by atoms with Gasteiger partial charge in [0.25, 0.3) is 0 Å². The summed E-state index contributed by atoms with van der Waals surface area (Å²) in [4.78, 5) is 3.73. The number of nitrogens with zero attached hydrogens (tertiary/aromatic N) is 1. The first kappa shape index (κ1) is 12.5. The smallest absolute Gasteiger partial charge is 0.147 e. The summed E-state index contributed by atoms with van der Waals surface area (Å²) in [5, 5.41) is 10.4. The van der Waals surface area contributed by atoms with Gasteiger partial charge in [-0.25, -0.2) is 4.39 Å². The minimum Gasteiger partial charge on any atom is -0.388 e. The van der Waals surface area contributed by atoms with Crippen LogP contribution in [0.2, 0.25) is 0 Å². The van der Waals surface area contributed by atoms with Crippen molar-refractivity contribution in [3.05, 3.63) is 29.8 Å². The van der Waals surface area contributed by atoms with Crippen molar-refractivity contribution in [3.8, 4) is 0 Å². The molecule has 1 saturated carbocycles. The van der Waals surface area contributed by atoms with Gasteiger partial charge in [0.05, 0.1) is 12.3 Å². The van der Waals surface area contributed by atoms with E-state index in [2.05, 4.69) is 11.9 Å². The molecule has 0 amide bonds. The van der Waals surface area contributed by atoms with Gasteiger partial charge in [-0.3, -0.25) is 4.98 Å². The molecule has 0 aliphatic heterocycles. The van der Waals surface area contributed by atoms with Crippen LogP contribution in [0.25, 0.3) is 0 Å².